The zero-order valence-corrected chi connectivity index (χ0v) is 11.3. The SMILES string of the molecule is CC(C)CC(=O)NCc1nnc2n1CCCCC2. The van der Waals surface area contributed by atoms with Crippen molar-refractivity contribution in [1.82, 2.24) is 20.1 Å². The zero-order valence-electron chi connectivity index (χ0n) is 11.3. The standard InChI is InChI=1S/C13H22N4O/c1-10(2)8-13(18)14-9-12-16-15-11-6-4-3-5-7-17(11)12/h10H,3-9H2,1-2H3,(H,14,18). The second-order valence-electron chi connectivity index (χ2n) is 5.37. The maximum absolute atomic E-state index is 11.6. The van der Waals surface area contributed by atoms with Crippen molar-refractivity contribution in [2.75, 3.05) is 0 Å². The predicted molar refractivity (Wildman–Crippen MR) is 68.9 cm³/mol. The molecule has 1 amide bonds. The zero-order chi connectivity index (χ0) is 13.0. The van der Waals surface area contributed by atoms with E-state index >= 15 is 0 Å². The van der Waals surface area contributed by atoms with Crippen molar-refractivity contribution >= 4 is 5.91 Å². The molecule has 5 heteroatoms. The number of nitrogens with one attached hydrogen (secondary N) is 1. The summed E-state index contributed by atoms with van der Waals surface area (Å²) in [7, 11) is 0. The predicted octanol–water partition coefficient (Wildman–Crippen LogP) is 1.67. The van der Waals surface area contributed by atoms with Gasteiger partial charge < -0.3 is 9.88 Å². The van der Waals surface area contributed by atoms with E-state index in [0.717, 1.165) is 24.6 Å². The summed E-state index contributed by atoms with van der Waals surface area (Å²) in [5.41, 5.74) is 0. The lowest BCUT2D eigenvalue weighted by molar-refractivity contribution is -0.122. The van der Waals surface area contributed by atoms with Gasteiger partial charge in [0.1, 0.15) is 5.82 Å². The van der Waals surface area contributed by atoms with E-state index in [1.54, 1.807) is 0 Å². The summed E-state index contributed by atoms with van der Waals surface area (Å²) >= 11 is 0. The van der Waals surface area contributed by atoms with E-state index < -0.39 is 0 Å². The number of rotatable bonds is 4. The van der Waals surface area contributed by atoms with Gasteiger partial charge in [0.15, 0.2) is 5.82 Å². The Bertz CT molecular complexity index is 411. The van der Waals surface area contributed by atoms with Crippen LogP contribution in [0.1, 0.15) is 51.2 Å². The van der Waals surface area contributed by atoms with Gasteiger partial charge in [0.2, 0.25) is 5.91 Å². The van der Waals surface area contributed by atoms with E-state index in [1.165, 1.54) is 19.3 Å². The average Bonchev–Trinajstić information content (AvgIpc) is 2.54. The normalized spacial score (nSPS) is 15.3. The number of aryl methyl sites for hydroxylation is 1. The third-order valence-corrected chi connectivity index (χ3v) is 3.22. The van der Waals surface area contributed by atoms with Crippen molar-refractivity contribution in [3.8, 4) is 0 Å². The molecule has 0 saturated heterocycles. The van der Waals surface area contributed by atoms with Crippen LogP contribution in [0.25, 0.3) is 0 Å². The Hall–Kier alpha value is -1.39. The summed E-state index contributed by atoms with van der Waals surface area (Å²) in [5.74, 6) is 2.45. The average molecular weight is 250 g/mol. The minimum Gasteiger partial charge on any atom is -0.349 e. The van der Waals surface area contributed by atoms with Crippen molar-refractivity contribution < 1.29 is 4.79 Å². The molecule has 0 saturated carbocycles. The molecule has 0 unspecified atom stereocenters. The fourth-order valence-corrected chi connectivity index (χ4v) is 2.30. The molecule has 1 aromatic heterocycles. The molecule has 0 radical (unpaired) electrons. The van der Waals surface area contributed by atoms with Crippen LogP contribution in [0.2, 0.25) is 0 Å². The minimum atomic E-state index is 0.0935. The number of hydrogen-bond donors (Lipinski definition) is 1. The second-order valence-corrected chi connectivity index (χ2v) is 5.37. The Morgan fingerprint density at radius 3 is 2.94 bits per heavy atom. The van der Waals surface area contributed by atoms with Gasteiger partial charge in [0.05, 0.1) is 6.54 Å². The van der Waals surface area contributed by atoms with Crippen molar-refractivity contribution in [2.24, 2.45) is 5.92 Å². The minimum absolute atomic E-state index is 0.0935. The fraction of sp³-hybridized carbons (Fsp3) is 0.769. The number of aromatic nitrogens is 3. The topological polar surface area (TPSA) is 59.8 Å². The highest BCUT2D eigenvalue weighted by molar-refractivity contribution is 5.75. The van der Waals surface area contributed by atoms with Crippen LogP contribution in [0.5, 0.6) is 0 Å². The van der Waals surface area contributed by atoms with Crippen molar-refractivity contribution in [2.45, 2.75) is 59.0 Å². The van der Waals surface area contributed by atoms with E-state index in [4.69, 9.17) is 0 Å². The molecule has 2 rings (SSSR count). The Morgan fingerprint density at radius 2 is 2.17 bits per heavy atom. The summed E-state index contributed by atoms with van der Waals surface area (Å²) in [5, 5.41) is 11.3. The van der Waals surface area contributed by atoms with Gasteiger partial charge in [-0.05, 0) is 18.8 Å². The van der Waals surface area contributed by atoms with E-state index in [-0.39, 0.29) is 5.91 Å². The lowest BCUT2D eigenvalue weighted by Crippen LogP contribution is -2.25. The van der Waals surface area contributed by atoms with Crippen LogP contribution in [0.3, 0.4) is 0 Å². The number of fused-ring (bicyclic) bond motifs is 1. The van der Waals surface area contributed by atoms with Crippen LogP contribution in [0.4, 0.5) is 0 Å². The van der Waals surface area contributed by atoms with Gasteiger partial charge in [0, 0.05) is 19.4 Å². The molecule has 2 heterocycles. The monoisotopic (exact) mass is 250 g/mol. The first-order valence-electron chi connectivity index (χ1n) is 6.84. The van der Waals surface area contributed by atoms with Crippen LogP contribution in [0.15, 0.2) is 0 Å². The molecule has 1 N–H and O–H groups in total. The number of nitrogens with zero attached hydrogens (tertiary/aromatic N) is 3. The molecule has 0 aliphatic carbocycles. The van der Waals surface area contributed by atoms with Crippen molar-refractivity contribution in [1.29, 1.82) is 0 Å². The van der Waals surface area contributed by atoms with Crippen LogP contribution >= 0.6 is 0 Å². The Kier molecular flexibility index (Phi) is 4.33. The Morgan fingerprint density at radius 1 is 1.33 bits per heavy atom. The van der Waals surface area contributed by atoms with Gasteiger partial charge in [-0.3, -0.25) is 4.79 Å². The van der Waals surface area contributed by atoms with Gasteiger partial charge in [-0.1, -0.05) is 20.3 Å². The van der Waals surface area contributed by atoms with Crippen molar-refractivity contribution in [3.63, 3.8) is 0 Å². The molecule has 0 fully saturated rings. The summed E-state index contributed by atoms with van der Waals surface area (Å²) in [6.45, 7) is 5.57. The molecule has 0 aromatic carbocycles. The highest BCUT2D eigenvalue weighted by Crippen LogP contribution is 2.14. The van der Waals surface area contributed by atoms with E-state index in [2.05, 4.69) is 20.1 Å². The van der Waals surface area contributed by atoms with Crippen LogP contribution in [-0.2, 0) is 24.3 Å². The summed E-state index contributed by atoms with van der Waals surface area (Å²) in [6, 6.07) is 0. The maximum Gasteiger partial charge on any atom is 0.220 e. The number of amides is 1. The summed E-state index contributed by atoms with van der Waals surface area (Å²) in [6.07, 6.45) is 5.20. The molecule has 5 nitrogen and oxygen atoms in total. The van der Waals surface area contributed by atoms with Gasteiger partial charge in [-0.15, -0.1) is 10.2 Å². The van der Waals surface area contributed by atoms with Crippen LogP contribution < -0.4 is 5.32 Å². The molecule has 0 spiro atoms. The molecule has 1 aliphatic rings. The largest absolute Gasteiger partial charge is 0.349 e. The van der Waals surface area contributed by atoms with Crippen LogP contribution in [-0.4, -0.2) is 20.7 Å². The Labute approximate surface area is 108 Å². The third-order valence-electron chi connectivity index (χ3n) is 3.22. The lowest BCUT2D eigenvalue weighted by Gasteiger charge is -2.09. The lowest BCUT2D eigenvalue weighted by atomic mass is 10.1. The number of carbonyl (C=O) groups is 1. The third kappa shape index (κ3) is 3.31. The molecule has 0 bridgehead atoms. The van der Waals surface area contributed by atoms with Gasteiger partial charge in [-0.2, -0.15) is 0 Å². The first-order valence-corrected chi connectivity index (χ1v) is 6.84. The molecular weight excluding hydrogens is 228 g/mol. The van der Waals surface area contributed by atoms with E-state index in [9.17, 15) is 4.79 Å². The molecular formula is C13H22N4O. The molecule has 1 aliphatic heterocycles. The highest BCUT2D eigenvalue weighted by atomic mass is 16.1. The van der Waals surface area contributed by atoms with Gasteiger partial charge >= 0.3 is 0 Å². The molecule has 0 atom stereocenters. The molecule has 18 heavy (non-hydrogen) atoms. The first-order chi connectivity index (χ1) is 8.66. The van der Waals surface area contributed by atoms with E-state index in [1.807, 2.05) is 13.8 Å². The fourth-order valence-electron chi connectivity index (χ4n) is 2.30. The number of carbonyl (C=O) groups excluding carboxylic acids is 1. The van der Waals surface area contributed by atoms with Gasteiger partial charge in [-0.25, -0.2) is 0 Å². The number of hydrogen-bond acceptors (Lipinski definition) is 3. The summed E-state index contributed by atoms with van der Waals surface area (Å²) in [4.78, 5) is 11.6. The van der Waals surface area contributed by atoms with Crippen LogP contribution in [0, 0.1) is 5.92 Å². The quantitative estimate of drug-likeness (QED) is 0.884. The smallest absolute Gasteiger partial charge is 0.220 e. The highest BCUT2D eigenvalue weighted by Gasteiger charge is 2.15. The van der Waals surface area contributed by atoms with Crippen molar-refractivity contribution in [3.05, 3.63) is 11.6 Å². The second kappa shape index (κ2) is 5.98. The van der Waals surface area contributed by atoms with E-state index in [0.29, 0.717) is 18.9 Å². The first kappa shape index (κ1) is 13.1. The summed E-state index contributed by atoms with van der Waals surface area (Å²) < 4.78 is 2.17. The molecule has 1 aromatic rings. The Balaban J connectivity index is 1.93. The molecule has 100 valence electrons. The maximum atomic E-state index is 11.6. The van der Waals surface area contributed by atoms with Gasteiger partial charge in [0.25, 0.3) is 0 Å².